The van der Waals surface area contributed by atoms with E-state index in [1.54, 1.807) is 0 Å². The second kappa shape index (κ2) is 8.61. The first-order valence-electron chi connectivity index (χ1n) is 11.3. The lowest BCUT2D eigenvalue weighted by Gasteiger charge is -2.55. The summed E-state index contributed by atoms with van der Waals surface area (Å²) >= 11 is 0. The molecule has 2 atom stereocenters. The van der Waals surface area contributed by atoms with E-state index < -0.39 is 23.3 Å². The summed E-state index contributed by atoms with van der Waals surface area (Å²) in [6, 6.07) is 17.1. The van der Waals surface area contributed by atoms with Crippen LogP contribution in [0.3, 0.4) is 0 Å². The van der Waals surface area contributed by atoms with E-state index in [0.29, 0.717) is 13.1 Å². The average molecular weight is 449 g/mol. The van der Waals surface area contributed by atoms with Crippen LogP contribution in [0.15, 0.2) is 54.6 Å². The Morgan fingerprint density at radius 1 is 1.03 bits per heavy atom. The number of carbonyl (C=O) groups excluding carboxylic acids is 3. The van der Waals surface area contributed by atoms with Crippen molar-refractivity contribution >= 4 is 23.5 Å². The molecule has 8 heteroatoms. The Morgan fingerprint density at radius 3 is 2.58 bits per heavy atom. The lowest BCUT2D eigenvalue weighted by Crippen LogP contribution is -2.75. The molecule has 8 nitrogen and oxygen atoms in total. The number of para-hydroxylation sites is 1. The Labute approximate surface area is 193 Å². The zero-order valence-corrected chi connectivity index (χ0v) is 18.7. The largest absolute Gasteiger partial charge is 0.383 e. The van der Waals surface area contributed by atoms with Gasteiger partial charge in [-0.1, -0.05) is 48.5 Å². The molecule has 4 amide bonds. The Bertz CT molecular complexity index is 1080. The van der Waals surface area contributed by atoms with Crippen molar-refractivity contribution in [3.05, 3.63) is 65.7 Å². The van der Waals surface area contributed by atoms with Gasteiger partial charge in [0.25, 0.3) is 0 Å². The van der Waals surface area contributed by atoms with Gasteiger partial charge in [0, 0.05) is 39.0 Å². The third-order valence-corrected chi connectivity index (χ3v) is 7.07. The third-order valence-electron chi connectivity index (χ3n) is 7.07. The summed E-state index contributed by atoms with van der Waals surface area (Å²) in [4.78, 5) is 45.6. The molecule has 3 aliphatic heterocycles. The van der Waals surface area contributed by atoms with Crippen molar-refractivity contribution < 1.29 is 19.1 Å². The van der Waals surface area contributed by atoms with Crippen molar-refractivity contribution in [3.63, 3.8) is 0 Å². The molecule has 0 radical (unpaired) electrons. The molecular weight excluding hydrogens is 420 g/mol. The highest BCUT2D eigenvalue weighted by molar-refractivity contribution is 6.20. The van der Waals surface area contributed by atoms with E-state index in [-0.39, 0.29) is 25.6 Å². The molecular formula is C25H28N4O4. The topological polar surface area (TPSA) is 82.2 Å². The average Bonchev–Trinajstić information content (AvgIpc) is 2.83. The fourth-order valence-corrected chi connectivity index (χ4v) is 5.44. The van der Waals surface area contributed by atoms with Crippen LogP contribution in [0.4, 0.5) is 10.5 Å². The van der Waals surface area contributed by atoms with E-state index in [1.165, 1.54) is 12.7 Å². The molecule has 0 unspecified atom stereocenters. The van der Waals surface area contributed by atoms with E-state index >= 15 is 0 Å². The smallest absolute Gasteiger partial charge is 0.330 e. The summed E-state index contributed by atoms with van der Waals surface area (Å²) in [6.07, 6.45) is 0.269. The molecule has 0 saturated carbocycles. The molecule has 5 rings (SSSR count). The number of benzene rings is 2. The van der Waals surface area contributed by atoms with Gasteiger partial charge in [0.05, 0.1) is 19.2 Å². The second-order valence-electron chi connectivity index (χ2n) is 8.92. The number of hydrogen-bond donors (Lipinski definition) is 1. The SMILES string of the molecule is COCCN1C(=O)NC(=O)[C@@]2(Cc3ccccc3N3CCN(Cc4ccccc4)C[C@H]32)C1=O. The summed E-state index contributed by atoms with van der Waals surface area (Å²) < 4.78 is 5.11. The number of rotatable bonds is 5. The predicted molar refractivity (Wildman–Crippen MR) is 123 cm³/mol. The summed E-state index contributed by atoms with van der Waals surface area (Å²) in [5, 5.41) is 2.48. The van der Waals surface area contributed by atoms with Crippen molar-refractivity contribution in [1.82, 2.24) is 15.1 Å². The maximum atomic E-state index is 13.9. The van der Waals surface area contributed by atoms with Gasteiger partial charge >= 0.3 is 6.03 Å². The Balaban J connectivity index is 1.54. The van der Waals surface area contributed by atoms with E-state index in [1.807, 2.05) is 36.4 Å². The van der Waals surface area contributed by atoms with E-state index in [9.17, 15) is 14.4 Å². The molecule has 2 saturated heterocycles. The first-order chi connectivity index (χ1) is 16.0. The number of nitrogens with zero attached hydrogens (tertiary/aromatic N) is 3. The minimum absolute atomic E-state index is 0.109. The van der Waals surface area contributed by atoms with Crippen molar-refractivity contribution in [3.8, 4) is 0 Å². The number of methoxy groups -OCH3 is 1. The number of urea groups is 1. The molecule has 0 bridgehead atoms. The number of imide groups is 2. The van der Waals surface area contributed by atoms with Gasteiger partial charge in [-0.15, -0.1) is 0 Å². The van der Waals surface area contributed by atoms with Crippen LogP contribution in [-0.2, 0) is 27.3 Å². The van der Waals surface area contributed by atoms with Gasteiger partial charge in [0.2, 0.25) is 11.8 Å². The first kappa shape index (κ1) is 21.6. The lowest BCUT2D eigenvalue weighted by molar-refractivity contribution is -0.155. The molecule has 33 heavy (non-hydrogen) atoms. The predicted octanol–water partition coefficient (Wildman–Crippen LogP) is 1.64. The van der Waals surface area contributed by atoms with Crippen molar-refractivity contribution in [2.24, 2.45) is 5.41 Å². The number of nitrogens with one attached hydrogen (secondary N) is 1. The molecule has 0 aliphatic carbocycles. The Hall–Kier alpha value is -3.23. The summed E-state index contributed by atoms with van der Waals surface area (Å²) in [7, 11) is 1.52. The van der Waals surface area contributed by atoms with Crippen molar-refractivity contribution in [1.29, 1.82) is 0 Å². The molecule has 172 valence electrons. The zero-order chi connectivity index (χ0) is 23.0. The van der Waals surface area contributed by atoms with Gasteiger partial charge < -0.3 is 9.64 Å². The highest BCUT2D eigenvalue weighted by atomic mass is 16.5. The highest BCUT2D eigenvalue weighted by Crippen LogP contribution is 2.45. The number of amides is 4. The Morgan fingerprint density at radius 2 is 1.79 bits per heavy atom. The molecule has 3 heterocycles. The van der Waals surface area contributed by atoms with Crippen LogP contribution < -0.4 is 10.2 Å². The van der Waals surface area contributed by atoms with Crippen LogP contribution in [0.1, 0.15) is 11.1 Å². The second-order valence-corrected chi connectivity index (χ2v) is 8.92. The number of anilines is 1. The van der Waals surface area contributed by atoms with Crippen LogP contribution >= 0.6 is 0 Å². The van der Waals surface area contributed by atoms with Gasteiger partial charge in [-0.3, -0.25) is 24.7 Å². The summed E-state index contributed by atoms with van der Waals surface area (Å²) in [5.41, 5.74) is 1.83. The normalized spacial score (nSPS) is 25.1. The summed E-state index contributed by atoms with van der Waals surface area (Å²) in [5.74, 6) is -0.934. The van der Waals surface area contributed by atoms with E-state index in [2.05, 4.69) is 33.3 Å². The van der Waals surface area contributed by atoms with Gasteiger partial charge in [0.15, 0.2) is 5.41 Å². The number of barbiturate groups is 1. The molecule has 2 aromatic rings. The van der Waals surface area contributed by atoms with Gasteiger partial charge in [-0.05, 0) is 23.6 Å². The third kappa shape index (κ3) is 3.59. The first-order valence-corrected chi connectivity index (χ1v) is 11.3. The number of piperazine rings is 1. The number of carbonyl (C=O) groups is 3. The van der Waals surface area contributed by atoms with Crippen molar-refractivity contribution in [2.75, 3.05) is 44.8 Å². The fourth-order valence-electron chi connectivity index (χ4n) is 5.44. The van der Waals surface area contributed by atoms with Gasteiger partial charge in [-0.25, -0.2) is 4.79 Å². The molecule has 2 aromatic carbocycles. The number of ether oxygens (including phenoxy) is 1. The molecule has 0 aromatic heterocycles. The van der Waals surface area contributed by atoms with Gasteiger partial charge in [0.1, 0.15) is 0 Å². The highest BCUT2D eigenvalue weighted by Gasteiger charge is 2.62. The monoisotopic (exact) mass is 448 g/mol. The maximum absolute atomic E-state index is 13.9. The lowest BCUT2D eigenvalue weighted by atomic mass is 9.67. The van der Waals surface area contributed by atoms with Crippen LogP contribution in [0.25, 0.3) is 0 Å². The van der Waals surface area contributed by atoms with E-state index in [4.69, 9.17) is 4.74 Å². The minimum Gasteiger partial charge on any atom is -0.383 e. The molecule has 3 aliphatic rings. The van der Waals surface area contributed by atoms with Crippen LogP contribution in [-0.4, -0.2) is 73.6 Å². The number of fused-ring (bicyclic) bond motifs is 4. The standard InChI is InChI=1S/C25H28N4O4/c1-33-14-13-29-23(31)25(22(30)26-24(29)32)15-19-9-5-6-10-20(19)28-12-11-27(17-21(25)28)16-18-7-3-2-4-8-18/h2-10,21H,11-17H2,1H3,(H,26,30,32)/t21-,25-/m0/s1. The fraction of sp³-hybridized carbons (Fsp3) is 0.400. The molecule has 1 N–H and O–H groups in total. The molecule has 1 spiro atoms. The quantitative estimate of drug-likeness (QED) is 0.701. The van der Waals surface area contributed by atoms with Crippen LogP contribution in [0.2, 0.25) is 0 Å². The molecule has 2 fully saturated rings. The van der Waals surface area contributed by atoms with E-state index in [0.717, 1.165) is 29.2 Å². The number of hydrogen-bond acceptors (Lipinski definition) is 6. The van der Waals surface area contributed by atoms with Crippen molar-refractivity contribution in [2.45, 2.75) is 19.0 Å². The zero-order valence-electron chi connectivity index (χ0n) is 18.7. The van der Waals surface area contributed by atoms with Crippen LogP contribution in [0, 0.1) is 5.41 Å². The van der Waals surface area contributed by atoms with Crippen LogP contribution in [0.5, 0.6) is 0 Å². The van der Waals surface area contributed by atoms with Gasteiger partial charge in [-0.2, -0.15) is 0 Å². The summed E-state index contributed by atoms with van der Waals surface area (Å²) in [6.45, 7) is 3.13. The maximum Gasteiger partial charge on any atom is 0.330 e. The minimum atomic E-state index is -1.37. The Kier molecular flexibility index (Phi) is 5.64.